The summed E-state index contributed by atoms with van der Waals surface area (Å²) in [6, 6.07) is 18.5. The molecular weight excluding hydrogens is 650 g/mol. The minimum Gasteiger partial charge on any atom is -0.487 e. The summed E-state index contributed by atoms with van der Waals surface area (Å²) >= 11 is 4.32. The molecule has 0 atom stereocenters. The van der Waals surface area contributed by atoms with Crippen molar-refractivity contribution in [1.82, 2.24) is 5.32 Å². The first-order chi connectivity index (χ1) is 15.8. The molecule has 1 aliphatic heterocycles. The van der Waals surface area contributed by atoms with Crippen LogP contribution in [0.1, 0.15) is 21.5 Å². The highest BCUT2D eigenvalue weighted by atomic mass is 127. The number of ether oxygens (including phenoxy) is 1. The fourth-order valence-corrected chi connectivity index (χ4v) is 5.34. The molecular formula is C24H16I2N2O5. The molecule has 0 bridgehead atoms. The van der Waals surface area contributed by atoms with Crippen molar-refractivity contribution in [2.45, 2.75) is 6.61 Å². The average molecular weight is 666 g/mol. The van der Waals surface area contributed by atoms with Crippen molar-refractivity contribution in [2.75, 3.05) is 4.90 Å². The van der Waals surface area contributed by atoms with Gasteiger partial charge >= 0.3 is 12.0 Å². The van der Waals surface area contributed by atoms with E-state index in [0.29, 0.717) is 11.4 Å². The van der Waals surface area contributed by atoms with E-state index >= 15 is 0 Å². The van der Waals surface area contributed by atoms with Crippen LogP contribution in [0.4, 0.5) is 10.5 Å². The van der Waals surface area contributed by atoms with Crippen molar-refractivity contribution in [2.24, 2.45) is 0 Å². The molecule has 1 heterocycles. The van der Waals surface area contributed by atoms with E-state index in [1.165, 1.54) is 12.1 Å². The molecule has 1 aliphatic rings. The first-order valence-electron chi connectivity index (χ1n) is 9.70. The molecule has 0 saturated carbocycles. The lowest BCUT2D eigenvalue weighted by Crippen LogP contribution is -2.30. The Morgan fingerprint density at radius 2 is 1.64 bits per heavy atom. The number of carbonyl (C=O) groups excluding carboxylic acids is 2. The van der Waals surface area contributed by atoms with Gasteiger partial charge in [0.1, 0.15) is 18.1 Å². The fourth-order valence-electron chi connectivity index (χ4n) is 3.21. The number of anilines is 1. The van der Waals surface area contributed by atoms with Crippen LogP contribution in [0.3, 0.4) is 0 Å². The van der Waals surface area contributed by atoms with Gasteiger partial charge in [0.15, 0.2) is 0 Å². The predicted molar refractivity (Wildman–Crippen MR) is 140 cm³/mol. The number of amides is 3. The van der Waals surface area contributed by atoms with E-state index in [9.17, 15) is 14.4 Å². The first kappa shape index (κ1) is 23.2. The van der Waals surface area contributed by atoms with Crippen molar-refractivity contribution in [3.63, 3.8) is 0 Å². The fraction of sp³-hybridized carbons (Fsp3) is 0.0417. The number of para-hydroxylation sites is 1. The third-order valence-electron chi connectivity index (χ3n) is 4.81. The van der Waals surface area contributed by atoms with Crippen molar-refractivity contribution in [1.29, 1.82) is 0 Å². The minimum atomic E-state index is -0.972. The summed E-state index contributed by atoms with van der Waals surface area (Å²) in [5.41, 5.74) is 2.52. The van der Waals surface area contributed by atoms with E-state index in [-0.39, 0.29) is 17.9 Å². The van der Waals surface area contributed by atoms with Crippen molar-refractivity contribution >= 4 is 74.9 Å². The van der Waals surface area contributed by atoms with Gasteiger partial charge in [-0.2, -0.15) is 0 Å². The Morgan fingerprint density at radius 1 is 1.00 bits per heavy atom. The number of hydrogen-bond donors (Lipinski definition) is 2. The highest BCUT2D eigenvalue weighted by Gasteiger charge is 2.34. The molecule has 4 rings (SSSR count). The molecule has 2 N–H and O–H groups in total. The van der Waals surface area contributed by atoms with Gasteiger partial charge in [-0.1, -0.05) is 30.3 Å². The Hall–Kier alpha value is -2.93. The van der Waals surface area contributed by atoms with E-state index in [4.69, 9.17) is 9.84 Å². The number of urea groups is 1. The van der Waals surface area contributed by atoms with Gasteiger partial charge in [-0.15, -0.1) is 0 Å². The summed E-state index contributed by atoms with van der Waals surface area (Å²) in [4.78, 5) is 37.2. The zero-order valence-electron chi connectivity index (χ0n) is 16.9. The number of aromatic carboxylic acids is 1. The maximum atomic E-state index is 12.8. The number of rotatable bonds is 6. The van der Waals surface area contributed by atoms with Gasteiger partial charge in [0.05, 0.1) is 18.4 Å². The number of halogens is 2. The lowest BCUT2D eigenvalue weighted by molar-refractivity contribution is -0.113. The number of nitrogens with one attached hydrogen (secondary N) is 1. The van der Waals surface area contributed by atoms with Crippen molar-refractivity contribution in [3.05, 3.63) is 96.3 Å². The Kier molecular flexibility index (Phi) is 6.98. The van der Waals surface area contributed by atoms with E-state index in [0.717, 1.165) is 23.2 Å². The molecule has 7 nitrogen and oxygen atoms in total. The topological polar surface area (TPSA) is 95.9 Å². The zero-order valence-corrected chi connectivity index (χ0v) is 21.2. The molecule has 3 amide bonds. The Morgan fingerprint density at radius 3 is 2.24 bits per heavy atom. The summed E-state index contributed by atoms with van der Waals surface area (Å²) in [5.74, 6) is -0.699. The maximum Gasteiger partial charge on any atom is 0.335 e. The third kappa shape index (κ3) is 5.19. The molecule has 3 aromatic carbocycles. The SMILES string of the molecule is O=C(O)c1ccc(COc2c(I)cc(/C=C3/NC(=O)N(c4ccccc4)C3=O)cc2I)cc1. The molecule has 1 saturated heterocycles. The summed E-state index contributed by atoms with van der Waals surface area (Å²) in [5, 5.41) is 11.6. The number of hydrogen-bond acceptors (Lipinski definition) is 4. The Balaban J connectivity index is 1.51. The quantitative estimate of drug-likeness (QED) is 0.213. The number of carboxylic acids is 1. The van der Waals surface area contributed by atoms with E-state index in [2.05, 4.69) is 50.5 Å². The van der Waals surface area contributed by atoms with Crippen molar-refractivity contribution < 1.29 is 24.2 Å². The van der Waals surface area contributed by atoms with Gasteiger partial charge in [-0.05, 0) is 98.8 Å². The van der Waals surface area contributed by atoms with Gasteiger partial charge in [-0.3, -0.25) is 4.79 Å². The summed E-state index contributed by atoms with van der Waals surface area (Å²) in [6.07, 6.45) is 1.64. The number of benzene rings is 3. The van der Waals surface area contributed by atoms with Gasteiger partial charge in [0.2, 0.25) is 0 Å². The van der Waals surface area contributed by atoms with Crippen LogP contribution in [-0.4, -0.2) is 23.0 Å². The minimum absolute atomic E-state index is 0.197. The predicted octanol–water partition coefficient (Wildman–Crippen LogP) is 5.27. The van der Waals surface area contributed by atoms with Crippen LogP contribution in [0.15, 0.2) is 72.4 Å². The van der Waals surface area contributed by atoms with Crippen LogP contribution in [0.2, 0.25) is 0 Å². The van der Waals surface area contributed by atoms with Gasteiger partial charge < -0.3 is 15.2 Å². The first-order valence-corrected chi connectivity index (χ1v) is 11.9. The van der Waals surface area contributed by atoms with Crippen LogP contribution >= 0.6 is 45.2 Å². The second-order valence-corrected chi connectivity index (χ2v) is 9.39. The van der Waals surface area contributed by atoms with Crippen LogP contribution in [0.5, 0.6) is 5.75 Å². The molecule has 3 aromatic rings. The van der Waals surface area contributed by atoms with E-state index in [1.807, 2.05) is 18.2 Å². The molecule has 0 radical (unpaired) electrons. The Bertz CT molecular complexity index is 1250. The standard InChI is InChI=1S/C24H16I2N2O5/c25-18-10-15(12-20-22(29)28(24(32)27-20)17-4-2-1-3-5-17)11-19(26)21(18)33-13-14-6-8-16(9-7-14)23(30)31/h1-12H,13H2,(H,27,32)(H,30,31)/b20-12+. The molecule has 33 heavy (non-hydrogen) atoms. The second kappa shape index (κ2) is 9.91. The molecule has 1 fully saturated rings. The number of carbonyl (C=O) groups is 3. The molecule has 9 heteroatoms. The molecule has 166 valence electrons. The van der Waals surface area contributed by atoms with Gasteiger partial charge in [0, 0.05) is 0 Å². The highest BCUT2D eigenvalue weighted by Crippen LogP contribution is 2.31. The van der Waals surface area contributed by atoms with Crippen LogP contribution in [-0.2, 0) is 11.4 Å². The Labute approximate surface area is 216 Å². The third-order valence-corrected chi connectivity index (χ3v) is 6.41. The normalized spacial score (nSPS) is 14.5. The molecule has 0 aliphatic carbocycles. The maximum absolute atomic E-state index is 12.8. The zero-order chi connectivity index (χ0) is 23.5. The lowest BCUT2D eigenvalue weighted by atomic mass is 10.1. The smallest absolute Gasteiger partial charge is 0.335 e. The van der Waals surface area contributed by atoms with Crippen molar-refractivity contribution in [3.8, 4) is 5.75 Å². The largest absolute Gasteiger partial charge is 0.487 e. The lowest BCUT2D eigenvalue weighted by Gasteiger charge is -2.12. The molecule has 0 spiro atoms. The summed E-state index contributed by atoms with van der Waals surface area (Å²) < 4.78 is 7.64. The van der Waals surface area contributed by atoms with E-state index in [1.54, 1.807) is 42.5 Å². The van der Waals surface area contributed by atoms with Gasteiger partial charge in [0.25, 0.3) is 5.91 Å². The average Bonchev–Trinajstić information content (AvgIpc) is 3.06. The molecule has 0 unspecified atom stereocenters. The highest BCUT2D eigenvalue weighted by molar-refractivity contribution is 14.1. The number of carboxylic acid groups (broad SMARTS) is 1. The van der Waals surface area contributed by atoms with Crippen LogP contribution in [0.25, 0.3) is 6.08 Å². The van der Waals surface area contributed by atoms with Crippen LogP contribution < -0.4 is 15.0 Å². The number of imide groups is 1. The number of nitrogens with zero attached hydrogens (tertiary/aromatic N) is 1. The molecule has 0 aromatic heterocycles. The van der Waals surface area contributed by atoms with Crippen LogP contribution in [0, 0.1) is 7.14 Å². The summed E-state index contributed by atoms with van der Waals surface area (Å²) in [7, 11) is 0. The van der Waals surface area contributed by atoms with Gasteiger partial charge in [-0.25, -0.2) is 14.5 Å². The monoisotopic (exact) mass is 666 g/mol. The summed E-state index contributed by atoms with van der Waals surface area (Å²) in [6.45, 7) is 0.285. The van der Waals surface area contributed by atoms with E-state index < -0.39 is 17.9 Å². The second-order valence-electron chi connectivity index (χ2n) is 7.07.